The van der Waals surface area contributed by atoms with Crippen molar-refractivity contribution in [3.63, 3.8) is 0 Å². The van der Waals surface area contributed by atoms with Gasteiger partial charge >= 0.3 is 104 Å². The van der Waals surface area contributed by atoms with Crippen LogP contribution in [-0.4, -0.2) is 23.3 Å². The van der Waals surface area contributed by atoms with E-state index in [4.69, 9.17) is 0 Å². The third kappa shape index (κ3) is 1.75. The molecule has 0 fully saturated rings. The van der Waals surface area contributed by atoms with Gasteiger partial charge in [-0.15, -0.1) is 0 Å². The molecule has 84 valence electrons. The van der Waals surface area contributed by atoms with E-state index in [1.54, 1.807) is 9.76 Å². The van der Waals surface area contributed by atoms with E-state index in [-0.39, 0.29) is 20.3 Å². The van der Waals surface area contributed by atoms with Gasteiger partial charge in [-0.3, -0.25) is 0 Å². The summed E-state index contributed by atoms with van der Waals surface area (Å²) in [5, 5.41) is 0.815. The predicted octanol–water partition coefficient (Wildman–Crippen LogP) is 1.75. The fraction of sp³-hybridized carbons (Fsp3) is 0.0769. The minimum atomic E-state index is 0.00986. The second-order valence-electron chi connectivity index (χ2n) is 3.88. The second-order valence-corrected chi connectivity index (χ2v) is 5.95. The first-order valence-corrected chi connectivity index (χ1v) is 6.92. The van der Waals surface area contributed by atoms with Crippen molar-refractivity contribution < 1.29 is 0 Å². The molecule has 1 aromatic carbocycles. The molecule has 0 bridgehead atoms. The third-order valence-electron chi connectivity index (χ3n) is 2.60. The summed E-state index contributed by atoms with van der Waals surface area (Å²) in [7, 11) is 0. The standard InChI is InChI=1S/C13H10N2OSe/c1-9-6-7-12(14-8-9)15-13(16)10-4-2-3-5-11(10)17-15/h2-8H,1H3. The second kappa shape index (κ2) is 3.99. The van der Waals surface area contributed by atoms with Gasteiger partial charge < -0.3 is 0 Å². The van der Waals surface area contributed by atoms with Gasteiger partial charge in [0.1, 0.15) is 0 Å². The summed E-state index contributed by atoms with van der Waals surface area (Å²) in [5.74, 6) is 0.747. The van der Waals surface area contributed by atoms with Crippen molar-refractivity contribution in [1.29, 1.82) is 0 Å². The van der Waals surface area contributed by atoms with Gasteiger partial charge in [0.15, 0.2) is 0 Å². The molecule has 2 aromatic heterocycles. The Labute approximate surface area is 104 Å². The topological polar surface area (TPSA) is 34.9 Å². The van der Waals surface area contributed by atoms with Crippen molar-refractivity contribution in [2.24, 2.45) is 0 Å². The minimum absolute atomic E-state index is 0.00986. The Kier molecular flexibility index (Phi) is 2.46. The molecule has 0 atom stereocenters. The number of aromatic nitrogens is 2. The van der Waals surface area contributed by atoms with E-state index in [0.717, 1.165) is 21.0 Å². The van der Waals surface area contributed by atoms with Gasteiger partial charge in [-0.25, -0.2) is 0 Å². The van der Waals surface area contributed by atoms with Crippen LogP contribution in [0.1, 0.15) is 5.56 Å². The molecule has 0 spiro atoms. The molecule has 0 aliphatic heterocycles. The summed E-state index contributed by atoms with van der Waals surface area (Å²) in [5.41, 5.74) is 1.17. The summed E-state index contributed by atoms with van der Waals surface area (Å²) in [4.78, 5) is 16.5. The maximum atomic E-state index is 12.2. The average molecular weight is 289 g/mol. The van der Waals surface area contributed by atoms with E-state index in [2.05, 4.69) is 4.98 Å². The Morgan fingerprint density at radius 1 is 1.18 bits per heavy atom. The quantitative estimate of drug-likeness (QED) is 0.640. The first-order valence-electron chi connectivity index (χ1n) is 5.30. The fourth-order valence-electron chi connectivity index (χ4n) is 1.70. The van der Waals surface area contributed by atoms with Crippen LogP contribution < -0.4 is 5.56 Å². The predicted molar refractivity (Wildman–Crippen MR) is 69.0 cm³/mol. The van der Waals surface area contributed by atoms with Gasteiger partial charge in [0.25, 0.3) is 0 Å². The number of hydrogen-bond donors (Lipinski definition) is 0. The van der Waals surface area contributed by atoms with Crippen molar-refractivity contribution in [2.45, 2.75) is 6.92 Å². The van der Waals surface area contributed by atoms with Crippen LogP contribution in [0.4, 0.5) is 0 Å². The van der Waals surface area contributed by atoms with E-state index in [1.807, 2.05) is 43.3 Å². The van der Waals surface area contributed by atoms with E-state index < -0.39 is 0 Å². The van der Waals surface area contributed by atoms with Crippen LogP contribution in [0.15, 0.2) is 47.4 Å². The summed E-state index contributed by atoms with van der Waals surface area (Å²) >= 11 is 0.00986. The molecule has 0 unspecified atom stereocenters. The van der Waals surface area contributed by atoms with Crippen molar-refractivity contribution in [3.05, 3.63) is 58.5 Å². The van der Waals surface area contributed by atoms with Crippen LogP contribution in [0.2, 0.25) is 0 Å². The normalized spacial score (nSPS) is 10.9. The zero-order valence-corrected chi connectivity index (χ0v) is 11.0. The number of benzene rings is 1. The molecule has 2 heterocycles. The zero-order chi connectivity index (χ0) is 11.8. The number of pyridine rings is 1. The van der Waals surface area contributed by atoms with Gasteiger partial charge in [0.2, 0.25) is 0 Å². The van der Waals surface area contributed by atoms with Crippen molar-refractivity contribution in [2.75, 3.05) is 0 Å². The zero-order valence-electron chi connectivity index (χ0n) is 9.25. The molecule has 0 aliphatic rings. The molecule has 3 nitrogen and oxygen atoms in total. The first-order chi connectivity index (χ1) is 8.25. The van der Waals surface area contributed by atoms with Crippen LogP contribution in [0.3, 0.4) is 0 Å². The van der Waals surface area contributed by atoms with E-state index in [9.17, 15) is 4.79 Å². The van der Waals surface area contributed by atoms with Crippen LogP contribution in [0, 0.1) is 6.92 Å². The number of fused-ring (bicyclic) bond motifs is 1. The SMILES string of the molecule is Cc1ccc(-n2[se]c3ccccc3c2=O)nc1. The van der Waals surface area contributed by atoms with Gasteiger partial charge in [-0.05, 0) is 0 Å². The Hall–Kier alpha value is -1.64. The van der Waals surface area contributed by atoms with Gasteiger partial charge in [0, 0.05) is 0 Å². The summed E-state index contributed by atoms with van der Waals surface area (Å²) in [6.45, 7) is 1.99. The van der Waals surface area contributed by atoms with Crippen LogP contribution >= 0.6 is 0 Å². The van der Waals surface area contributed by atoms with E-state index in [0.29, 0.717) is 0 Å². The van der Waals surface area contributed by atoms with E-state index in [1.165, 1.54) is 0 Å². The molecule has 0 saturated carbocycles. The monoisotopic (exact) mass is 290 g/mol. The Morgan fingerprint density at radius 3 is 2.71 bits per heavy atom. The molecule has 3 aromatic rings. The van der Waals surface area contributed by atoms with Crippen molar-refractivity contribution in [3.8, 4) is 5.82 Å². The molecule has 17 heavy (non-hydrogen) atoms. The van der Waals surface area contributed by atoms with Crippen LogP contribution in [0.25, 0.3) is 15.5 Å². The third-order valence-corrected chi connectivity index (χ3v) is 4.88. The molecule has 0 radical (unpaired) electrons. The summed E-state index contributed by atoms with van der Waals surface area (Å²) in [6, 6.07) is 11.7. The van der Waals surface area contributed by atoms with Crippen LogP contribution in [0.5, 0.6) is 0 Å². The Bertz CT molecular complexity index is 725. The van der Waals surface area contributed by atoms with Crippen molar-refractivity contribution >= 4 is 24.4 Å². The summed E-state index contributed by atoms with van der Waals surface area (Å²) in [6.07, 6.45) is 1.79. The molecule has 0 aliphatic carbocycles. The fourth-order valence-corrected chi connectivity index (χ4v) is 3.74. The van der Waals surface area contributed by atoms with Crippen LogP contribution in [-0.2, 0) is 0 Å². The van der Waals surface area contributed by atoms with Gasteiger partial charge in [-0.1, -0.05) is 0 Å². The van der Waals surface area contributed by atoms with E-state index >= 15 is 0 Å². The molecular formula is C13H10N2OSe. The molecular weight excluding hydrogens is 279 g/mol. The maximum absolute atomic E-state index is 12.2. The summed E-state index contributed by atoms with van der Waals surface area (Å²) < 4.78 is 2.91. The number of rotatable bonds is 1. The molecule has 3 rings (SSSR count). The average Bonchev–Trinajstić information content (AvgIpc) is 2.69. The van der Waals surface area contributed by atoms with Gasteiger partial charge in [0.05, 0.1) is 0 Å². The number of aryl methyl sites for hydroxylation is 1. The van der Waals surface area contributed by atoms with Crippen molar-refractivity contribution in [1.82, 2.24) is 8.55 Å². The number of hydrogen-bond acceptors (Lipinski definition) is 2. The van der Waals surface area contributed by atoms with Gasteiger partial charge in [-0.2, -0.15) is 0 Å². The molecule has 4 heteroatoms. The molecule has 0 saturated heterocycles. The molecule has 0 N–H and O–H groups in total. The molecule has 0 amide bonds. The first kappa shape index (κ1) is 10.5. The Balaban J connectivity index is 2.27. The Morgan fingerprint density at radius 2 is 2.00 bits per heavy atom. The number of nitrogens with zero attached hydrogens (tertiary/aromatic N) is 2.